The molecule has 0 heterocycles. The second-order valence-electron chi connectivity index (χ2n) is 3.83. The van der Waals surface area contributed by atoms with Gasteiger partial charge in [0.25, 0.3) is 0 Å². The second-order valence-corrected chi connectivity index (χ2v) is 3.83. The van der Waals surface area contributed by atoms with Gasteiger partial charge in [0.05, 0.1) is 5.69 Å². The third kappa shape index (κ3) is 4.91. The van der Waals surface area contributed by atoms with Gasteiger partial charge in [0.15, 0.2) is 6.61 Å². The van der Waals surface area contributed by atoms with Crippen molar-refractivity contribution in [2.45, 2.75) is 13.1 Å². The Kier molecular flexibility index (Phi) is 4.99. The molecule has 0 saturated carbocycles. The lowest BCUT2D eigenvalue weighted by Gasteiger charge is -2.13. The summed E-state index contributed by atoms with van der Waals surface area (Å²) in [6.45, 7) is 0.329. The van der Waals surface area contributed by atoms with Crippen LogP contribution in [-0.2, 0) is 0 Å². The summed E-state index contributed by atoms with van der Waals surface area (Å²) in [7, 11) is 0. The molecule has 0 fully saturated rings. The number of nitrogens with one attached hydrogen (secondary N) is 1. The van der Waals surface area contributed by atoms with Gasteiger partial charge in [0.2, 0.25) is 0 Å². The lowest BCUT2D eigenvalue weighted by molar-refractivity contribution is -0.153. The maximum atomic E-state index is 12.1. The van der Waals surface area contributed by atoms with Gasteiger partial charge in [-0.25, -0.2) is 0 Å². The van der Waals surface area contributed by atoms with Gasteiger partial charge in [-0.2, -0.15) is 23.7 Å². The van der Waals surface area contributed by atoms with E-state index in [1.165, 1.54) is 6.07 Å². The Balaban J connectivity index is 2.94. The summed E-state index contributed by atoms with van der Waals surface area (Å²) < 4.78 is 41.1. The highest BCUT2D eigenvalue weighted by atomic mass is 19.4. The maximum absolute atomic E-state index is 12.1. The number of ether oxygens (including phenoxy) is 1. The summed E-state index contributed by atoms with van der Waals surface area (Å²) in [5.41, 5.74) is 0.834. The molecule has 7 heteroatoms. The van der Waals surface area contributed by atoms with Gasteiger partial charge in [0.1, 0.15) is 23.5 Å². The Morgan fingerprint density at radius 1 is 1.35 bits per heavy atom. The molecule has 0 bridgehead atoms. The van der Waals surface area contributed by atoms with Crippen molar-refractivity contribution in [2.75, 3.05) is 11.9 Å². The van der Waals surface area contributed by atoms with Crippen LogP contribution < -0.4 is 10.1 Å². The van der Waals surface area contributed by atoms with Crippen LogP contribution in [0.15, 0.2) is 30.0 Å². The highest BCUT2D eigenvalue weighted by Crippen LogP contribution is 2.28. The molecule has 0 aliphatic heterocycles. The molecule has 104 valence electrons. The molecule has 0 aliphatic rings. The number of hydrogen-bond acceptors (Lipinski definition) is 4. The summed E-state index contributed by atoms with van der Waals surface area (Å²) in [6.07, 6.45) is -3.34. The normalized spacial score (nSPS) is 10.1. The lowest BCUT2D eigenvalue weighted by atomic mass is 10.2. The van der Waals surface area contributed by atoms with E-state index in [9.17, 15) is 13.2 Å². The highest BCUT2D eigenvalue weighted by Gasteiger charge is 2.28. The van der Waals surface area contributed by atoms with E-state index in [0.29, 0.717) is 0 Å². The zero-order valence-electron chi connectivity index (χ0n) is 10.5. The van der Waals surface area contributed by atoms with Gasteiger partial charge in [-0.3, -0.25) is 0 Å². The van der Waals surface area contributed by atoms with Crippen molar-refractivity contribution in [1.29, 1.82) is 10.5 Å². The topological polar surface area (TPSA) is 68.8 Å². The molecule has 1 N–H and O–H groups in total. The van der Waals surface area contributed by atoms with Crippen LogP contribution in [0.2, 0.25) is 0 Å². The number of anilines is 1. The van der Waals surface area contributed by atoms with Crippen molar-refractivity contribution in [3.8, 4) is 17.9 Å². The van der Waals surface area contributed by atoms with Crippen LogP contribution in [0.25, 0.3) is 0 Å². The van der Waals surface area contributed by atoms with E-state index >= 15 is 0 Å². The third-order valence-electron chi connectivity index (χ3n) is 2.14. The van der Waals surface area contributed by atoms with Crippen molar-refractivity contribution in [1.82, 2.24) is 0 Å². The fourth-order valence-corrected chi connectivity index (χ4v) is 1.28. The number of alkyl halides is 3. The molecule has 1 aromatic carbocycles. The van der Waals surface area contributed by atoms with Crippen LogP contribution >= 0.6 is 0 Å². The highest BCUT2D eigenvalue weighted by molar-refractivity contribution is 5.60. The first-order chi connectivity index (χ1) is 9.35. The third-order valence-corrected chi connectivity index (χ3v) is 2.14. The van der Waals surface area contributed by atoms with Crippen LogP contribution in [0.4, 0.5) is 18.9 Å². The van der Waals surface area contributed by atoms with E-state index in [4.69, 9.17) is 10.5 Å². The second kappa shape index (κ2) is 6.48. The fourth-order valence-electron chi connectivity index (χ4n) is 1.28. The minimum Gasteiger partial charge on any atom is -0.482 e. The first-order valence-electron chi connectivity index (χ1n) is 5.43. The largest absolute Gasteiger partial charge is 0.482 e. The Hall–Kier alpha value is -2.67. The number of aryl methyl sites for hydroxylation is 1. The number of allylic oxidation sites excluding steroid dienone is 1. The average Bonchev–Trinajstić information content (AvgIpc) is 2.38. The predicted molar refractivity (Wildman–Crippen MR) is 65.7 cm³/mol. The van der Waals surface area contributed by atoms with Gasteiger partial charge in [-0.15, -0.1) is 0 Å². The van der Waals surface area contributed by atoms with E-state index in [2.05, 4.69) is 10.1 Å². The van der Waals surface area contributed by atoms with Crippen molar-refractivity contribution in [2.24, 2.45) is 0 Å². The molecular weight excluding hydrogens is 271 g/mol. The van der Waals surface area contributed by atoms with Gasteiger partial charge < -0.3 is 10.1 Å². The van der Waals surface area contributed by atoms with E-state index < -0.39 is 12.8 Å². The first-order valence-corrected chi connectivity index (χ1v) is 5.43. The monoisotopic (exact) mass is 281 g/mol. The Morgan fingerprint density at radius 3 is 2.55 bits per heavy atom. The van der Waals surface area contributed by atoms with Crippen LogP contribution in [-0.4, -0.2) is 12.8 Å². The van der Waals surface area contributed by atoms with Gasteiger partial charge in [-0.1, -0.05) is 6.07 Å². The molecule has 0 unspecified atom stereocenters. The number of halogens is 3. The maximum Gasteiger partial charge on any atom is 0.422 e. The molecule has 0 atom stereocenters. The smallest absolute Gasteiger partial charge is 0.422 e. The summed E-state index contributed by atoms with van der Waals surface area (Å²) in [6, 6.07) is 7.79. The van der Waals surface area contributed by atoms with Crippen molar-refractivity contribution >= 4 is 5.69 Å². The van der Waals surface area contributed by atoms with Crippen molar-refractivity contribution in [3.63, 3.8) is 0 Å². The molecule has 20 heavy (non-hydrogen) atoms. The first kappa shape index (κ1) is 15.4. The summed E-state index contributed by atoms with van der Waals surface area (Å²) in [5, 5.41) is 19.7. The van der Waals surface area contributed by atoms with E-state index in [-0.39, 0.29) is 17.0 Å². The van der Waals surface area contributed by atoms with E-state index in [0.717, 1.165) is 11.8 Å². The van der Waals surface area contributed by atoms with Crippen LogP contribution in [0.1, 0.15) is 5.56 Å². The van der Waals surface area contributed by atoms with Crippen molar-refractivity contribution in [3.05, 3.63) is 35.5 Å². The molecule has 0 spiro atoms. The van der Waals surface area contributed by atoms with Crippen LogP contribution in [0.3, 0.4) is 0 Å². The lowest BCUT2D eigenvalue weighted by Crippen LogP contribution is -2.19. The minimum atomic E-state index is -4.44. The number of rotatable bonds is 4. The van der Waals surface area contributed by atoms with Crippen molar-refractivity contribution < 1.29 is 17.9 Å². The average molecular weight is 281 g/mol. The molecular formula is C13H10F3N3O. The summed E-state index contributed by atoms with van der Waals surface area (Å²) in [5.74, 6) is -0.0144. The van der Waals surface area contributed by atoms with E-state index in [1.54, 1.807) is 31.2 Å². The SMILES string of the molecule is Cc1ccc(OCC(F)(F)F)c(NC=C(C#N)C#N)c1. The van der Waals surface area contributed by atoms with Gasteiger partial charge in [-0.05, 0) is 24.6 Å². The molecule has 0 aromatic heterocycles. The van der Waals surface area contributed by atoms with Crippen LogP contribution in [0.5, 0.6) is 5.75 Å². The Labute approximate surface area is 113 Å². The molecule has 0 radical (unpaired) electrons. The molecule has 1 rings (SSSR count). The van der Waals surface area contributed by atoms with Crippen LogP contribution in [0, 0.1) is 29.6 Å². The molecule has 0 amide bonds. The Morgan fingerprint density at radius 2 is 2.00 bits per heavy atom. The molecule has 0 aliphatic carbocycles. The quantitative estimate of drug-likeness (QED) is 0.860. The van der Waals surface area contributed by atoms with Gasteiger partial charge >= 0.3 is 6.18 Å². The molecule has 0 saturated heterocycles. The Bertz CT molecular complexity index is 578. The predicted octanol–water partition coefficient (Wildman–Crippen LogP) is 3.28. The number of nitriles is 2. The minimum absolute atomic E-state index is 0.0144. The standard InChI is InChI=1S/C13H10F3N3O/c1-9-2-3-12(20-8-13(14,15)16)11(4-9)19-7-10(5-17)6-18/h2-4,7,19H,8H2,1H3. The summed E-state index contributed by atoms with van der Waals surface area (Å²) in [4.78, 5) is 0. The van der Waals surface area contributed by atoms with E-state index in [1.807, 2.05) is 0 Å². The number of nitrogens with zero attached hydrogens (tertiary/aromatic N) is 2. The molecule has 1 aromatic rings. The number of benzene rings is 1. The van der Waals surface area contributed by atoms with Gasteiger partial charge in [0, 0.05) is 6.20 Å². The number of hydrogen-bond donors (Lipinski definition) is 1. The zero-order chi connectivity index (χ0) is 15.2. The molecule has 4 nitrogen and oxygen atoms in total. The zero-order valence-corrected chi connectivity index (χ0v) is 10.5. The summed E-state index contributed by atoms with van der Waals surface area (Å²) >= 11 is 0. The fraction of sp³-hybridized carbons (Fsp3) is 0.231.